The fraction of sp³-hybridized carbons (Fsp3) is 0.348. The van der Waals surface area contributed by atoms with Crippen molar-refractivity contribution in [3.05, 3.63) is 53.1 Å². The van der Waals surface area contributed by atoms with E-state index in [2.05, 4.69) is 14.9 Å². The highest BCUT2D eigenvalue weighted by atomic mass is 32.2. The molecule has 0 amide bonds. The van der Waals surface area contributed by atoms with Gasteiger partial charge in [0.25, 0.3) is 5.89 Å². The van der Waals surface area contributed by atoms with Crippen molar-refractivity contribution < 1.29 is 27.6 Å². The topological polar surface area (TPSA) is 158 Å². The summed E-state index contributed by atoms with van der Waals surface area (Å²) in [6, 6.07) is 10.5. The first-order valence-electron chi connectivity index (χ1n) is 10.8. The van der Waals surface area contributed by atoms with E-state index in [0.717, 1.165) is 22.3 Å². The summed E-state index contributed by atoms with van der Waals surface area (Å²) < 4.78 is 38.0. The molecule has 1 aromatic heterocycles. The molecule has 2 aromatic carbocycles. The van der Waals surface area contributed by atoms with Crippen molar-refractivity contribution in [1.82, 2.24) is 14.9 Å². The van der Waals surface area contributed by atoms with Crippen molar-refractivity contribution in [1.29, 1.82) is 0 Å². The van der Waals surface area contributed by atoms with Crippen LogP contribution < -0.4 is 15.2 Å². The molecule has 11 heteroatoms. The van der Waals surface area contributed by atoms with E-state index in [9.17, 15) is 13.2 Å². The average Bonchev–Trinajstić information content (AvgIpc) is 3.40. The van der Waals surface area contributed by atoms with Gasteiger partial charge in [-0.3, -0.25) is 4.79 Å². The molecule has 10 nitrogen and oxygen atoms in total. The summed E-state index contributed by atoms with van der Waals surface area (Å²) in [6.07, 6.45) is 1.12. The van der Waals surface area contributed by atoms with Crippen LogP contribution in [-0.2, 0) is 27.8 Å². The molecule has 0 unspecified atom stereocenters. The number of aromatic nitrogens is 2. The molecule has 0 bridgehead atoms. The first-order chi connectivity index (χ1) is 16.2. The van der Waals surface area contributed by atoms with Crippen LogP contribution in [0.25, 0.3) is 22.8 Å². The summed E-state index contributed by atoms with van der Waals surface area (Å²) >= 11 is 0. The fourth-order valence-corrected chi connectivity index (χ4v) is 5.19. The Balaban J connectivity index is 1.61. The minimum absolute atomic E-state index is 0.0174. The monoisotopic (exact) mass is 486 g/mol. The molecule has 1 aliphatic carbocycles. The smallest absolute Gasteiger partial charge is 0.320 e. The molecule has 0 saturated carbocycles. The first kappa shape index (κ1) is 23.9. The second-order valence-corrected chi connectivity index (χ2v) is 10.1. The zero-order valence-electron chi connectivity index (χ0n) is 18.8. The van der Waals surface area contributed by atoms with E-state index in [0.29, 0.717) is 42.4 Å². The molecular formula is C23H26N4O6S. The number of rotatable bonds is 9. The number of fused-ring (bicyclic) bond motifs is 1. The number of carboxylic acid groups (broad SMARTS) is 1. The number of carboxylic acids is 1. The van der Waals surface area contributed by atoms with E-state index < -0.39 is 27.8 Å². The Bertz CT molecular complexity index is 1320. The number of carbonyl (C=O) groups is 1. The van der Waals surface area contributed by atoms with Gasteiger partial charge in [-0.15, -0.1) is 0 Å². The highest BCUT2D eigenvalue weighted by molar-refractivity contribution is 7.90. The molecule has 0 aliphatic heterocycles. The van der Waals surface area contributed by atoms with Crippen LogP contribution in [0, 0.1) is 0 Å². The van der Waals surface area contributed by atoms with E-state index in [-0.39, 0.29) is 6.10 Å². The Labute approximate surface area is 197 Å². The predicted octanol–water partition coefficient (Wildman–Crippen LogP) is 2.64. The highest BCUT2D eigenvalue weighted by Gasteiger charge is 2.30. The van der Waals surface area contributed by atoms with E-state index in [4.69, 9.17) is 20.1 Å². The molecule has 180 valence electrons. The lowest BCUT2D eigenvalue weighted by molar-refractivity contribution is -0.134. The van der Waals surface area contributed by atoms with Gasteiger partial charge in [0.05, 0.1) is 6.10 Å². The van der Waals surface area contributed by atoms with Gasteiger partial charge in [0.2, 0.25) is 15.8 Å². The van der Waals surface area contributed by atoms with Gasteiger partial charge in [0.15, 0.2) is 5.75 Å². The summed E-state index contributed by atoms with van der Waals surface area (Å²) in [5, 5.41) is 13.0. The highest BCUT2D eigenvalue weighted by Crippen LogP contribution is 2.38. The second kappa shape index (κ2) is 9.53. The van der Waals surface area contributed by atoms with E-state index >= 15 is 0 Å². The number of hydrogen-bond acceptors (Lipinski definition) is 8. The first-order valence-corrected chi connectivity index (χ1v) is 12.5. The Morgan fingerprint density at radius 3 is 2.82 bits per heavy atom. The van der Waals surface area contributed by atoms with Gasteiger partial charge >= 0.3 is 5.97 Å². The normalized spacial score (nSPS) is 15.5. The fourth-order valence-electron chi connectivity index (χ4n) is 4.10. The van der Waals surface area contributed by atoms with Crippen LogP contribution >= 0.6 is 0 Å². The molecule has 1 atom stereocenters. The maximum atomic E-state index is 12.1. The van der Waals surface area contributed by atoms with Crippen molar-refractivity contribution in [2.24, 2.45) is 5.73 Å². The number of benzene rings is 2. The van der Waals surface area contributed by atoms with E-state index in [1.807, 2.05) is 44.2 Å². The number of aliphatic carboxylic acids is 1. The second-order valence-electron chi connectivity index (χ2n) is 8.35. The third kappa shape index (κ3) is 5.11. The molecule has 3 aromatic rings. The number of sulfonamides is 1. The number of nitrogens with zero attached hydrogens (tertiary/aromatic N) is 2. The molecule has 0 saturated heterocycles. The molecule has 1 heterocycles. The maximum absolute atomic E-state index is 12.1. The number of nitrogens with two attached hydrogens (primary N) is 1. The van der Waals surface area contributed by atoms with Crippen molar-refractivity contribution in [2.75, 3.05) is 5.75 Å². The predicted molar refractivity (Wildman–Crippen MR) is 124 cm³/mol. The maximum Gasteiger partial charge on any atom is 0.320 e. The van der Waals surface area contributed by atoms with Gasteiger partial charge in [0.1, 0.15) is 5.75 Å². The standard InChI is InChI=1S/C23H26N4O6S/c1-13(2)32-20-9-6-14(10-15(20)11-24)23-25-22(26-33-23)18-5-3-4-17-16(18)7-8-19(17)27-34(30,31)12-21(28)29/h3-6,9-10,13,19,27H,7-8,11-12,24H2,1-2H3,(H,28,29)/t19-/m1/s1. The summed E-state index contributed by atoms with van der Waals surface area (Å²) in [5.74, 6) is -0.954. The molecule has 1 aliphatic rings. The summed E-state index contributed by atoms with van der Waals surface area (Å²) in [4.78, 5) is 15.4. The third-order valence-corrected chi connectivity index (χ3v) is 6.73. The minimum Gasteiger partial charge on any atom is -0.491 e. The zero-order chi connectivity index (χ0) is 24.5. The molecule has 0 spiro atoms. The Kier molecular flexibility index (Phi) is 6.69. The molecule has 4 N–H and O–H groups in total. The van der Waals surface area contributed by atoms with E-state index in [1.54, 1.807) is 6.07 Å². The lowest BCUT2D eigenvalue weighted by atomic mass is 10.0. The largest absolute Gasteiger partial charge is 0.491 e. The molecule has 4 rings (SSSR count). The lowest BCUT2D eigenvalue weighted by Crippen LogP contribution is -2.32. The Morgan fingerprint density at radius 1 is 1.32 bits per heavy atom. The van der Waals surface area contributed by atoms with Crippen LogP contribution in [0.2, 0.25) is 0 Å². The summed E-state index contributed by atoms with van der Waals surface area (Å²) in [7, 11) is -3.95. The van der Waals surface area contributed by atoms with Crippen LogP contribution in [0.15, 0.2) is 40.9 Å². The summed E-state index contributed by atoms with van der Waals surface area (Å²) in [6.45, 7) is 4.18. The van der Waals surface area contributed by atoms with Crippen molar-refractivity contribution in [2.45, 2.75) is 45.4 Å². The Morgan fingerprint density at radius 2 is 2.12 bits per heavy atom. The molecule has 0 radical (unpaired) electrons. The number of hydrogen-bond donors (Lipinski definition) is 3. The van der Waals surface area contributed by atoms with E-state index in [1.165, 1.54) is 0 Å². The van der Waals surface area contributed by atoms with Gasteiger partial charge < -0.3 is 20.1 Å². The SMILES string of the molecule is CC(C)Oc1ccc(-c2nc(-c3cccc4c3CC[C@H]4NS(=O)(=O)CC(=O)O)no2)cc1CN. The third-order valence-electron chi connectivity index (χ3n) is 5.46. The van der Waals surface area contributed by atoms with Crippen molar-refractivity contribution in [3.8, 4) is 28.6 Å². The van der Waals surface area contributed by atoms with Crippen molar-refractivity contribution >= 4 is 16.0 Å². The van der Waals surface area contributed by atoms with Crippen molar-refractivity contribution in [3.63, 3.8) is 0 Å². The van der Waals surface area contributed by atoms with Gasteiger partial charge in [-0.1, -0.05) is 23.4 Å². The lowest BCUT2D eigenvalue weighted by Gasteiger charge is -2.14. The van der Waals surface area contributed by atoms with Gasteiger partial charge in [-0.2, -0.15) is 4.98 Å². The summed E-state index contributed by atoms with van der Waals surface area (Å²) in [5.41, 5.74) is 9.84. The van der Waals surface area contributed by atoms with Crippen LogP contribution in [0.5, 0.6) is 5.75 Å². The van der Waals surface area contributed by atoms with Gasteiger partial charge in [0, 0.05) is 29.3 Å². The van der Waals surface area contributed by atoms with Crippen LogP contribution in [0.4, 0.5) is 0 Å². The van der Waals surface area contributed by atoms with Gasteiger partial charge in [-0.05, 0) is 56.0 Å². The van der Waals surface area contributed by atoms with Gasteiger partial charge in [-0.25, -0.2) is 13.1 Å². The average molecular weight is 487 g/mol. The number of nitrogens with one attached hydrogen (secondary N) is 1. The number of ether oxygens (including phenoxy) is 1. The quantitative estimate of drug-likeness (QED) is 0.413. The minimum atomic E-state index is -3.95. The van der Waals surface area contributed by atoms with Crippen LogP contribution in [0.3, 0.4) is 0 Å². The molecule has 0 fully saturated rings. The molecular weight excluding hydrogens is 460 g/mol. The van der Waals surface area contributed by atoms with Crippen LogP contribution in [0.1, 0.15) is 43.0 Å². The zero-order valence-corrected chi connectivity index (χ0v) is 19.6. The molecule has 34 heavy (non-hydrogen) atoms. The van der Waals surface area contributed by atoms with Crippen LogP contribution in [-0.4, -0.2) is 41.5 Å². The Hall–Kier alpha value is -3.28.